The molecule has 27 heavy (non-hydrogen) atoms. The van der Waals surface area contributed by atoms with Crippen LogP contribution in [0.25, 0.3) is 0 Å². The van der Waals surface area contributed by atoms with Crippen LogP contribution in [-0.2, 0) is 0 Å². The van der Waals surface area contributed by atoms with Crippen molar-refractivity contribution >= 4 is 42.2 Å². The molecule has 0 aliphatic carbocycles. The minimum atomic E-state index is -0.233. The number of amidine groups is 1. The molecule has 1 aliphatic rings. The Hall–Kier alpha value is -2.08. The van der Waals surface area contributed by atoms with Gasteiger partial charge < -0.3 is 15.1 Å². The lowest BCUT2D eigenvalue weighted by Gasteiger charge is -2.27. The van der Waals surface area contributed by atoms with Gasteiger partial charge in [-0.2, -0.15) is 0 Å². The number of para-hydroxylation sites is 1. The molecule has 1 aliphatic heterocycles. The first-order valence-electron chi connectivity index (χ1n) is 8.45. The number of carbonyl (C=O) groups excluding carboxylic acids is 1. The van der Waals surface area contributed by atoms with Crippen molar-refractivity contribution < 1.29 is 4.79 Å². The number of benzene rings is 2. The molecule has 0 bridgehead atoms. The van der Waals surface area contributed by atoms with Crippen molar-refractivity contribution in [2.75, 3.05) is 39.5 Å². The lowest BCUT2D eigenvalue weighted by atomic mass is 10.0. The van der Waals surface area contributed by atoms with Crippen LogP contribution in [0.5, 0.6) is 0 Å². The van der Waals surface area contributed by atoms with E-state index in [0.29, 0.717) is 12.1 Å². The lowest BCUT2D eigenvalue weighted by Crippen LogP contribution is -2.36. The van der Waals surface area contributed by atoms with E-state index in [-0.39, 0.29) is 36.8 Å². The second kappa shape index (κ2) is 10.3. The van der Waals surface area contributed by atoms with Gasteiger partial charge in [-0.15, -0.1) is 24.8 Å². The summed E-state index contributed by atoms with van der Waals surface area (Å²) in [5.41, 5.74) is 2.52. The van der Waals surface area contributed by atoms with E-state index >= 15 is 0 Å². The Bertz CT molecular complexity index is 781. The number of rotatable bonds is 4. The Morgan fingerprint density at radius 1 is 1.04 bits per heavy atom. The fraction of sp³-hybridized carbons (Fsp3) is 0.300. The summed E-state index contributed by atoms with van der Waals surface area (Å²) >= 11 is 0. The third kappa shape index (κ3) is 5.22. The zero-order valence-electron chi connectivity index (χ0n) is 15.8. The van der Waals surface area contributed by atoms with Gasteiger partial charge in [0.25, 0.3) is 5.91 Å². The molecule has 0 fully saturated rings. The van der Waals surface area contributed by atoms with Crippen LogP contribution in [0.1, 0.15) is 22.0 Å². The largest absolute Gasteiger partial charge is 0.341 e. The first-order valence-corrected chi connectivity index (χ1v) is 8.45. The summed E-state index contributed by atoms with van der Waals surface area (Å²) in [6.45, 7) is 1.52. The van der Waals surface area contributed by atoms with Crippen LogP contribution in [0.2, 0.25) is 0 Å². The Kier molecular flexibility index (Phi) is 8.76. The fourth-order valence-corrected chi connectivity index (χ4v) is 2.99. The molecule has 1 heterocycles. The Morgan fingerprint density at radius 2 is 1.67 bits per heavy atom. The molecule has 146 valence electrons. The average Bonchev–Trinajstić information content (AvgIpc) is 2.71. The number of hydrogen-bond acceptors (Lipinski definition) is 3. The monoisotopic (exact) mass is 408 g/mol. The zero-order valence-corrected chi connectivity index (χ0v) is 17.4. The summed E-state index contributed by atoms with van der Waals surface area (Å²) in [4.78, 5) is 21.6. The highest BCUT2D eigenvalue weighted by Gasteiger charge is 2.32. The van der Waals surface area contributed by atoms with Gasteiger partial charge in [0.2, 0.25) is 0 Å². The second-order valence-corrected chi connectivity index (χ2v) is 6.47. The topological polar surface area (TPSA) is 47.9 Å². The molecule has 0 spiro atoms. The van der Waals surface area contributed by atoms with E-state index in [0.717, 1.165) is 23.6 Å². The smallest absolute Gasteiger partial charge is 0.256 e. The number of likely N-dealkylation sites (N-methyl/N-ethyl adjacent to an activating group) is 2. The van der Waals surface area contributed by atoms with Gasteiger partial charge >= 0.3 is 0 Å². The Labute approximate surface area is 173 Å². The van der Waals surface area contributed by atoms with E-state index < -0.39 is 0 Å². The molecule has 0 aromatic heterocycles. The minimum Gasteiger partial charge on any atom is -0.341 e. The molecule has 3 rings (SSSR count). The van der Waals surface area contributed by atoms with Crippen molar-refractivity contribution in [2.24, 2.45) is 4.99 Å². The molecule has 2 aromatic carbocycles. The number of fused-ring (bicyclic) bond motifs is 1. The van der Waals surface area contributed by atoms with E-state index in [4.69, 9.17) is 4.99 Å². The standard InChI is InChI=1S/C20H24N4O.2ClH/c1-23(2)14-13-21-19-18(15-9-5-4-6-10-15)24(3)20(25)16-11-7-8-12-17(16)22-19;;/h4-12,18H,13-14H2,1-3H3,(H,21,22);2*1H. The van der Waals surface area contributed by atoms with E-state index in [9.17, 15) is 4.79 Å². The van der Waals surface area contributed by atoms with Gasteiger partial charge in [0, 0.05) is 13.6 Å². The predicted molar refractivity (Wildman–Crippen MR) is 117 cm³/mol. The quantitative estimate of drug-likeness (QED) is 0.837. The normalized spacial score (nSPS) is 17.5. The fourth-order valence-electron chi connectivity index (χ4n) is 2.99. The van der Waals surface area contributed by atoms with Crippen molar-refractivity contribution in [3.8, 4) is 0 Å². The molecule has 5 nitrogen and oxygen atoms in total. The maximum Gasteiger partial charge on any atom is 0.256 e. The molecular formula is C20H26Cl2N4O. The first kappa shape index (κ1) is 23.0. The van der Waals surface area contributed by atoms with Gasteiger partial charge in [0.15, 0.2) is 0 Å². The van der Waals surface area contributed by atoms with Crippen molar-refractivity contribution in [1.82, 2.24) is 9.80 Å². The highest BCUT2D eigenvalue weighted by Crippen LogP contribution is 2.30. The Morgan fingerprint density at radius 3 is 2.33 bits per heavy atom. The molecular weight excluding hydrogens is 383 g/mol. The van der Waals surface area contributed by atoms with E-state index in [1.165, 1.54) is 0 Å². The zero-order chi connectivity index (χ0) is 17.8. The van der Waals surface area contributed by atoms with Crippen LogP contribution in [0.15, 0.2) is 59.6 Å². The summed E-state index contributed by atoms with van der Waals surface area (Å²) in [6.07, 6.45) is 0. The highest BCUT2D eigenvalue weighted by atomic mass is 35.5. The molecule has 1 atom stereocenters. The number of nitrogens with one attached hydrogen (secondary N) is 1. The van der Waals surface area contributed by atoms with Crippen LogP contribution in [0.3, 0.4) is 0 Å². The van der Waals surface area contributed by atoms with Crippen molar-refractivity contribution in [3.05, 3.63) is 65.7 Å². The van der Waals surface area contributed by atoms with Crippen molar-refractivity contribution in [3.63, 3.8) is 0 Å². The Balaban J connectivity index is 0.00000182. The number of carbonyl (C=O) groups is 1. The number of amides is 1. The molecule has 0 saturated carbocycles. The van der Waals surface area contributed by atoms with E-state index in [2.05, 4.69) is 10.2 Å². The molecule has 1 N–H and O–H groups in total. The summed E-state index contributed by atoms with van der Waals surface area (Å²) in [7, 11) is 5.89. The molecule has 2 aromatic rings. The summed E-state index contributed by atoms with van der Waals surface area (Å²) in [5.74, 6) is 0.795. The molecule has 1 amide bonds. The molecule has 0 saturated heterocycles. The van der Waals surface area contributed by atoms with E-state index in [1.54, 1.807) is 4.90 Å². The number of nitrogens with zero attached hydrogens (tertiary/aromatic N) is 3. The van der Waals surface area contributed by atoms with Crippen molar-refractivity contribution in [1.29, 1.82) is 0 Å². The first-order chi connectivity index (χ1) is 12.1. The van der Waals surface area contributed by atoms with E-state index in [1.807, 2.05) is 75.7 Å². The van der Waals surface area contributed by atoms with Crippen LogP contribution in [-0.4, -0.2) is 55.8 Å². The third-order valence-corrected chi connectivity index (χ3v) is 4.33. The average molecular weight is 409 g/mol. The number of halogens is 2. The van der Waals surface area contributed by atoms with Gasteiger partial charge in [-0.05, 0) is 31.8 Å². The molecule has 0 radical (unpaired) electrons. The number of aliphatic imine (C=N–C) groups is 1. The van der Waals surface area contributed by atoms with Crippen molar-refractivity contribution in [2.45, 2.75) is 6.04 Å². The predicted octanol–water partition coefficient (Wildman–Crippen LogP) is 3.73. The summed E-state index contributed by atoms with van der Waals surface area (Å²) in [5, 5.41) is 3.41. The van der Waals surface area contributed by atoms with Gasteiger partial charge in [-0.3, -0.25) is 9.79 Å². The maximum atomic E-state index is 13.0. The van der Waals surface area contributed by atoms with Crippen LogP contribution in [0, 0.1) is 0 Å². The summed E-state index contributed by atoms with van der Waals surface area (Å²) < 4.78 is 0. The van der Waals surface area contributed by atoms with Crippen LogP contribution in [0.4, 0.5) is 5.69 Å². The van der Waals surface area contributed by atoms with Crippen LogP contribution >= 0.6 is 24.8 Å². The van der Waals surface area contributed by atoms with Gasteiger partial charge in [-0.1, -0.05) is 42.5 Å². The maximum absolute atomic E-state index is 13.0. The third-order valence-electron chi connectivity index (χ3n) is 4.33. The van der Waals surface area contributed by atoms with Gasteiger partial charge in [-0.25, -0.2) is 0 Å². The van der Waals surface area contributed by atoms with Gasteiger partial charge in [0.1, 0.15) is 11.9 Å². The van der Waals surface area contributed by atoms with Gasteiger partial charge in [0.05, 0.1) is 17.8 Å². The molecule has 7 heteroatoms. The molecule has 1 unspecified atom stereocenters. The highest BCUT2D eigenvalue weighted by molar-refractivity contribution is 6.11. The summed E-state index contributed by atoms with van der Waals surface area (Å²) in [6, 6.07) is 17.4. The number of anilines is 1. The lowest BCUT2D eigenvalue weighted by molar-refractivity contribution is 0.0773. The number of hydrogen-bond donors (Lipinski definition) is 1. The second-order valence-electron chi connectivity index (χ2n) is 6.47. The SMILES string of the molecule is CN(C)CCN=C1Nc2ccccc2C(=O)N(C)C1c1ccccc1.Cl.Cl. The van der Waals surface area contributed by atoms with Crippen LogP contribution < -0.4 is 5.32 Å². The minimum absolute atomic E-state index is 0.